The quantitative estimate of drug-likeness (QED) is 0.317. The molecule has 7 rings (SSSR count). The van der Waals surface area contributed by atoms with Gasteiger partial charge in [0.15, 0.2) is 0 Å². The molecule has 1 aliphatic heterocycles. The van der Waals surface area contributed by atoms with Gasteiger partial charge in [0, 0.05) is 0 Å². The van der Waals surface area contributed by atoms with Crippen LogP contribution in [-0.2, 0) is 23.2 Å². The summed E-state index contributed by atoms with van der Waals surface area (Å²) in [6.07, 6.45) is 1.09. The zero-order chi connectivity index (χ0) is 25.3. The summed E-state index contributed by atoms with van der Waals surface area (Å²) in [6.45, 7) is 9.95. The largest absolute Gasteiger partial charge is 1.00 e. The summed E-state index contributed by atoms with van der Waals surface area (Å²) in [5.74, 6) is 0. The van der Waals surface area contributed by atoms with Crippen molar-refractivity contribution in [1.29, 1.82) is 0 Å². The molecule has 3 aliphatic rings. The molecular weight excluding hydrogens is 595 g/mol. The van der Waals surface area contributed by atoms with Gasteiger partial charge in [-0.25, -0.2) is 0 Å². The van der Waals surface area contributed by atoms with Crippen LogP contribution in [-0.4, -0.2) is 0 Å². The van der Waals surface area contributed by atoms with E-state index in [1.807, 2.05) is 0 Å². The van der Waals surface area contributed by atoms with E-state index in [1.165, 1.54) is 22.3 Å². The summed E-state index contributed by atoms with van der Waals surface area (Å²) in [7, 11) is 0. The molecular formula is C36H32Cl2Zr. The topological polar surface area (TPSA) is 0 Å². The Morgan fingerprint density at radius 2 is 1.08 bits per heavy atom. The summed E-state index contributed by atoms with van der Waals surface area (Å²) in [5, 5.41) is 0. The van der Waals surface area contributed by atoms with Crippen LogP contribution in [0.3, 0.4) is 0 Å². The van der Waals surface area contributed by atoms with Gasteiger partial charge in [0.05, 0.1) is 0 Å². The number of hydrogen-bond acceptors (Lipinski definition) is 0. The van der Waals surface area contributed by atoms with Gasteiger partial charge in [-0.2, -0.15) is 0 Å². The van der Waals surface area contributed by atoms with Crippen molar-refractivity contribution in [2.45, 2.75) is 41.4 Å². The molecule has 0 saturated carbocycles. The molecule has 0 spiro atoms. The van der Waals surface area contributed by atoms with Crippen LogP contribution in [0.15, 0.2) is 108 Å². The van der Waals surface area contributed by atoms with Crippen LogP contribution >= 0.6 is 0 Å². The Morgan fingerprint density at radius 3 is 1.64 bits per heavy atom. The molecule has 4 aromatic carbocycles. The molecule has 4 bridgehead atoms. The number of allylic oxidation sites excluding steroid dienone is 4. The second-order valence-corrected chi connectivity index (χ2v) is 15.2. The molecule has 0 nitrogen and oxygen atoms in total. The fourth-order valence-corrected chi connectivity index (χ4v) is 12.3. The molecule has 39 heavy (non-hydrogen) atoms. The van der Waals surface area contributed by atoms with Gasteiger partial charge in [-0.15, -0.1) is 0 Å². The maximum Gasteiger partial charge on any atom is -1.00 e. The van der Waals surface area contributed by atoms with Gasteiger partial charge >= 0.3 is 234 Å². The minimum absolute atomic E-state index is 0. The summed E-state index contributed by atoms with van der Waals surface area (Å²) in [5.41, 5.74) is 18.5. The predicted molar refractivity (Wildman–Crippen MR) is 153 cm³/mol. The van der Waals surface area contributed by atoms with E-state index in [-0.39, 0.29) is 30.2 Å². The summed E-state index contributed by atoms with van der Waals surface area (Å²) in [4.78, 5) is 0. The van der Waals surface area contributed by atoms with Crippen LogP contribution in [0.25, 0.3) is 33.4 Å². The molecule has 2 atom stereocenters. The predicted octanol–water partition coefficient (Wildman–Crippen LogP) is 3.90. The SMILES string of the molecule is CC1=C2CC(C)(C)C3=C(C)[CH]([Zr+2][CH]1c1cccc(-c4ccccc4)c12)c1cccc(-c2ccccc2)c13.[Cl-].[Cl-]. The molecule has 0 saturated heterocycles. The van der Waals surface area contributed by atoms with E-state index in [4.69, 9.17) is 0 Å². The van der Waals surface area contributed by atoms with Gasteiger partial charge in [0.25, 0.3) is 0 Å². The van der Waals surface area contributed by atoms with Crippen molar-refractivity contribution in [3.63, 3.8) is 0 Å². The van der Waals surface area contributed by atoms with Crippen molar-refractivity contribution in [2.75, 3.05) is 0 Å². The number of fused-ring (bicyclic) bond motifs is 8. The van der Waals surface area contributed by atoms with Gasteiger partial charge < -0.3 is 24.8 Å². The molecule has 3 heteroatoms. The molecule has 4 aromatic rings. The zero-order valence-corrected chi connectivity index (χ0v) is 26.8. The van der Waals surface area contributed by atoms with Gasteiger partial charge in [0.1, 0.15) is 0 Å². The number of benzene rings is 4. The van der Waals surface area contributed by atoms with Crippen molar-refractivity contribution in [1.82, 2.24) is 0 Å². The van der Waals surface area contributed by atoms with E-state index in [9.17, 15) is 0 Å². The van der Waals surface area contributed by atoms with Crippen LogP contribution in [0, 0.1) is 5.41 Å². The Hall–Kier alpha value is -2.18. The maximum atomic E-state index is 2.51. The molecule has 0 amide bonds. The smallest absolute Gasteiger partial charge is 1.00 e. The molecule has 0 radical (unpaired) electrons. The van der Waals surface area contributed by atoms with Crippen molar-refractivity contribution >= 4 is 11.1 Å². The number of rotatable bonds is 2. The van der Waals surface area contributed by atoms with Gasteiger partial charge in [-0.3, -0.25) is 0 Å². The van der Waals surface area contributed by atoms with Crippen LogP contribution in [0.2, 0.25) is 0 Å². The molecule has 2 unspecified atom stereocenters. The molecule has 0 N–H and O–H groups in total. The summed E-state index contributed by atoms with van der Waals surface area (Å²) < 4.78 is 1.26. The van der Waals surface area contributed by atoms with E-state index in [0.29, 0.717) is 7.25 Å². The first-order chi connectivity index (χ1) is 18.0. The van der Waals surface area contributed by atoms with Crippen LogP contribution in [0.4, 0.5) is 0 Å². The second-order valence-electron chi connectivity index (χ2n) is 11.6. The summed E-state index contributed by atoms with van der Waals surface area (Å²) >= 11 is -0.904. The van der Waals surface area contributed by atoms with Crippen LogP contribution in [0.5, 0.6) is 0 Å². The Bertz CT molecular complexity index is 1610. The fourth-order valence-electron chi connectivity index (χ4n) is 7.36. The minimum Gasteiger partial charge on any atom is -1.00 e. The molecule has 0 fully saturated rings. The molecule has 2 aliphatic carbocycles. The average molecular weight is 627 g/mol. The fraction of sp³-hybridized carbons (Fsp3) is 0.222. The van der Waals surface area contributed by atoms with Gasteiger partial charge in [-0.05, 0) is 0 Å². The number of halogens is 2. The first-order valence-corrected chi connectivity index (χ1v) is 16.3. The van der Waals surface area contributed by atoms with E-state index < -0.39 is 23.2 Å². The first kappa shape index (κ1) is 28.4. The van der Waals surface area contributed by atoms with E-state index in [0.717, 1.165) is 6.42 Å². The normalized spacial score (nSPS) is 19.8. The van der Waals surface area contributed by atoms with E-state index in [1.54, 1.807) is 44.5 Å². The Balaban J connectivity index is 0.00000154. The Morgan fingerprint density at radius 1 is 0.590 bits per heavy atom. The third kappa shape index (κ3) is 4.37. The van der Waals surface area contributed by atoms with Gasteiger partial charge in [-0.1, -0.05) is 0 Å². The van der Waals surface area contributed by atoms with E-state index >= 15 is 0 Å². The third-order valence-electron chi connectivity index (χ3n) is 8.90. The van der Waals surface area contributed by atoms with Crippen molar-refractivity contribution in [3.8, 4) is 22.3 Å². The third-order valence-corrected chi connectivity index (χ3v) is 14.2. The van der Waals surface area contributed by atoms with Gasteiger partial charge in [0.2, 0.25) is 0 Å². The second kappa shape index (κ2) is 10.7. The molecule has 1 heterocycles. The Labute approximate surface area is 257 Å². The maximum absolute atomic E-state index is 2.51. The van der Waals surface area contributed by atoms with Crippen molar-refractivity contribution in [2.24, 2.45) is 5.41 Å². The Kier molecular flexibility index (Phi) is 7.75. The average Bonchev–Trinajstić information content (AvgIpc) is 3.36. The van der Waals surface area contributed by atoms with Crippen molar-refractivity contribution in [3.05, 3.63) is 130 Å². The number of hydrogen-bond donors (Lipinski definition) is 0. The molecule has 194 valence electrons. The summed E-state index contributed by atoms with van der Waals surface area (Å²) in [6, 6.07) is 36.4. The van der Waals surface area contributed by atoms with Crippen LogP contribution in [0.1, 0.15) is 63.6 Å². The molecule has 0 aromatic heterocycles. The zero-order valence-electron chi connectivity index (χ0n) is 22.9. The van der Waals surface area contributed by atoms with Crippen LogP contribution < -0.4 is 24.8 Å². The standard InChI is InChI=1S/C36H32.2ClH.Zr/c1-24-21-28-17-11-19-30(26-13-7-5-8-14-26)33(28)32(24)23-36(3,4)35-25(2)22-29-18-12-20-31(34(29)35)27-15-9-6-10-16-27;;;/h5-22H,23H2,1-4H3;2*1H;/q;;;+2/p-2. The minimum atomic E-state index is -0.904. The van der Waals surface area contributed by atoms with E-state index in [2.05, 4.69) is 125 Å². The first-order valence-electron chi connectivity index (χ1n) is 13.5. The monoisotopic (exact) mass is 624 g/mol. The van der Waals surface area contributed by atoms with Crippen molar-refractivity contribution < 1.29 is 48.0 Å².